The van der Waals surface area contributed by atoms with Crippen molar-refractivity contribution in [2.24, 2.45) is 0 Å². The minimum absolute atomic E-state index is 0.114. The van der Waals surface area contributed by atoms with Gasteiger partial charge in [-0.2, -0.15) is 0 Å². The summed E-state index contributed by atoms with van der Waals surface area (Å²) in [7, 11) is 0. The van der Waals surface area contributed by atoms with Crippen molar-refractivity contribution in [3.05, 3.63) is 130 Å². The third-order valence-corrected chi connectivity index (χ3v) is 6.62. The molecular formula is C30H28O. The van der Waals surface area contributed by atoms with Gasteiger partial charge in [-0.1, -0.05) is 105 Å². The minimum atomic E-state index is -0.114. The molecule has 31 heavy (non-hydrogen) atoms. The maximum Gasteiger partial charge on any atom is 0.135 e. The fourth-order valence-corrected chi connectivity index (χ4v) is 4.75. The van der Waals surface area contributed by atoms with Gasteiger partial charge in [0.25, 0.3) is 0 Å². The quantitative estimate of drug-likeness (QED) is 0.340. The molecule has 0 amide bonds. The molecule has 5 rings (SSSR count). The zero-order valence-corrected chi connectivity index (χ0v) is 18.5. The van der Waals surface area contributed by atoms with Crippen LogP contribution in [0.1, 0.15) is 52.8 Å². The van der Waals surface area contributed by atoms with E-state index in [1.165, 1.54) is 38.9 Å². The first-order chi connectivity index (χ1) is 15.0. The van der Waals surface area contributed by atoms with Crippen LogP contribution in [0.3, 0.4) is 0 Å². The molecular weight excluding hydrogens is 376 g/mol. The van der Waals surface area contributed by atoms with Crippen LogP contribution < -0.4 is 4.74 Å². The van der Waals surface area contributed by atoms with Gasteiger partial charge in [-0.05, 0) is 34.7 Å². The molecule has 0 N–H and O–H groups in total. The van der Waals surface area contributed by atoms with Crippen molar-refractivity contribution in [1.82, 2.24) is 0 Å². The van der Waals surface area contributed by atoms with Crippen LogP contribution in [-0.4, -0.2) is 0 Å². The fraction of sp³-hybridized carbons (Fsp3) is 0.200. The molecule has 0 aromatic heterocycles. The zero-order chi connectivity index (χ0) is 21.4. The summed E-state index contributed by atoms with van der Waals surface area (Å²) in [6.45, 7) is 6.82. The Bertz CT molecular complexity index is 1230. The normalized spacial score (nSPS) is 13.8. The summed E-state index contributed by atoms with van der Waals surface area (Å²) in [4.78, 5) is 0. The van der Waals surface area contributed by atoms with Gasteiger partial charge in [0.1, 0.15) is 11.5 Å². The SMILES string of the molecule is Cc1ccccc1Cc1cccc2c1Oc1c(Cc3ccccc3)cccc1C2(C)C. The van der Waals surface area contributed by atoms with Crippen LogP contribution in [0.15, 0.2) is 91.0 Å². The standard InChI is InChI=1S/C30H28O/c1-21-11-7-8-14-23(21)20-25-16-10-18-27-29(25)31-28-24(19-22-12-5-4-6-13-22)15-9-17-26(28)30(27,2)3/h4-18H,19-20H2,1-3H3. The van der Waals surface area contributed by atoms with Gasteiger partial charge in [0.05, 0.1) is 0 Å². The van der Waals surface area contributed by atoms with Crippen LogP contribution in [0.2, 0.25) is 0 Å². The highest BCUT2D eigenvalue weighted by molar-refractivity contribution is 5.62. The Morgan fingerprint density at radius 1 is 0.581 bits per heavy atom. The molecule has 0 radical (unpaired) electrons. The van der Waals surface area contributed by atoms with Gasteiger partial charge >= 0.3 is 0 Å². The molecule has 4 aromatic carbocycles. The molecule has 4 aromatic rings. The minimum Gasteiger partial charge on any atom is -0.456 e. The molecule has 0 fully saturated rings. The Morgan fingerprint density at radius 2 is 1.13 bits per heavy atom. The second-order valence-corrected chi connectivity index (χ2v) is 9.08. The number of ether oxygens (including phenoxy) is 1. The first-order valence-electron chi connectivity index (χ1n) is 11.0. The van der Waals surface area contributed by atoms with E-state index in [-0.39, 0.29) is 5.41 Å². The predicted molar refractivity (Wildman–Crippen MR) is 128 cm³/mol. The maximum atomic E-state index is 6.76. The third kappa shape index (κ3) is 3.55. The highest BCUT2D eigenvalue weighted by atomic mass is 16.5. The average molecular weight is 405 g/mol. The highest BCUT2D eigenvalue weighted by Crippen LogP contribution is 2.50. The second-order valence-electron chi connectivity index (χ2n) is 9.08. The van der Waals surface area contributed by atoms with Crippen molar-refractivity contribution in [1.29, 1.82) is 0 Å². The van der Waals surface area contributed by atoms with Crippen LogP contribution >= 0.6 is 0 Å². The number of para-hydroxylation sites is 2. The van der Waals surface area contributed by atoms with Crippen LogP contribution in [0.5, 0.6) is 11.5 Å². The Balaban J connectivity index is 1.60. The molecule has 0 aliphatic carbocycles. The van der Waals surface area contributed by atoms with Crippen molar-refractivity contribution in [2.75, 3.05) is 0 Å². The Labute approximate surface area is 185 Å². The monoisotopic (exact) mass is 404 g/mol. The van der Waals surface area contributed by atoms with Crippen LogP contribution in [0, 0.1) is 6.92 Å². The summed E-state index contributed by atoms with van der Waals surface area (Å²) in [6, 6.07) is 32.5. The van der Waals surface area contributed by atoms with Crippen LogP contribution in [0.4, 0.5) is 0 Å². The number of hydrogen-bond donors (Lipinski definition) is 0. The molecule has 1 aliphatic rings. The Kier molecular flexibility index (Phi) is 4.90. The second kappa shape index (κ2) is 7.74. The maximum absolute atomic E-state index is 6.76. The summed E-state index contributed by atoms with van der Waals surface area (Å²) >= 11 is 0. The fourth-order valence-electron chi connectivity index (χ4n) is 4.75. The largest absolute Gasteiger partial charge is 0.456 e. The zero-order valence-electron chi connectivity index (χ0n) is 18.5. The van der Waals surface area contributed by atoms with E-state index in [0.717, 1.165) is 24.3 Å². The lowest BCUT2D eigenvalue weighted by atomic mass is 9.74. The van der Waals surface area contributed by atoms with Crippen molar-refractivity contribution >= 4 is 0 Å². The lowest BCUT2D eigenvalue weighted by Crippen LogP contribution is -2.25. The summed E-state index contributed by atoms with van der Waals surface area (Å²) in [5.41, 5.74) is 8.88. The van der Waals surface area contributed by atoms with Gasteiger partial charge in [-0.25, -0.2) is 0 Å². The van der Waals surface area contributed by atoms with Crippen LogP contribution in [0.25, 0.3) is 0 Å². The lowest BCUT2D eigenvalue weighted by Gasteiger charge is -2.36. The summed E-state index contributed by atoms with van der Waals surface area (Å²) in [6.07, 6.45) is 1.75. The van der Waals surface area contributed by atoms with E-state index in [0.29, 0.717) is 0 Å². The van der Waals surface area contributed by atoms with Gasteiger partial charge in [0.2, 0.25) is 0 Å². The third-order valence-electron chi connectivity index (χ3n) is 6.62. The van der Waals surface area contributed by atoms with Crippen molar-refractivity contribution in [2.45, 2.75) is 39.0 Å². The average Bonchev–Trinajstić information content (AvgIpc) is 2.77. The molecule has 0 atom stereocenters. The smallest absolute Gasteiger partial charge is 0.135 e. The van der Waals surface area contributed by atoms with E-state index in [1.807, 2.05) is 0 Å². The van der Waals surface area contributed by atoms with E-state index in [4.69, 9.17) is 4.74 Å². The topological polar surface area (TPSA) is 9.23 Å². The van der Waals surface area contributed by atoms with Crippen molar-refractivity contribution in [3.63, 3.8) is 0 Å². The molecule has 1 heteroatoms. The lowest BCUT2D eigenvalue weighted by molar-refractivity contribution is 0.410. The molecule has 1 nitrogen and oxygen atoms in total. The first kappa shape index (κ1) is 19.6. The summed E-state index contributed by atoms with van der Waals surface area (Å²) in [5, 5.41) is 0. The van der Waals surface area contributed by atoms with E-state index < -0.39 is 0 Å². The molecule has 0 bridgehead atoms. The predicted octanol–water partition coefficient (Wildman–Crippen LogP) is 7.61. The summed E-state index contributed by atoms with van der Waals surface area (Å²) in [5.74, 6) is 2.06. The molecule has 0 saturated heterocycles. The van der Waals surface area contributed by atoms with E-state index in [1.54, 1.807) is 0 Å². The molecule has 0 unspecified atom stereocenters. The Morgan fingerprint density at radius 3 is 1.77 bits per heavy atom. The number of rotatable bonds is 4. The van der Waals surface area contributed by atoms with Crippen LogP contribution in [-0.2, 0) is 18.3 Å². The van der Waals surface area contributed by atoms with Gasteiger partial charge in [0.15, 0.2) is 0 Å². The number of fused-ring (bicyclic) bond motifs is 2. The Hall–Kier alpha value is -3.32. The molecule has 1 aliphatic heterocycles. The van der Waals surface area contributed by atoms with Crippen molar-refractivity contribution in [3.8, 4) is 11.5 Å². The number of benzene rings is 4. The van der Waals surface area contributed by atoms with Gasteiger partial charge in [-0.3, -0.25) is 0 Å². The van der Waals surface area contributed by atoms with Gasteiger partial charge in [-0.15, -0.1) is 0 Å². The van der Waals surface area contributed by atoms with E-state index >= 15 is 0 Å². The number of aryl methyl sites for hydroxylation is 1. The first-order valence-corrected chi connectivity index (χ1v) is 11.0. The van der Waals surface area contributed by atoms with Gasteiger partial charge < -0.3 is 4.74 Å². The number of hydrogen-bond acceptors (Lipinski definition) is 1. The molecule has 0 saturated carbocycles. The summed E-state index contributed by atoms with van der Waals surface area (Å²) < 4.78 is 6.76. The molecule has 154 valence electrons. The van der Waals surface area contributed by atoms with E-state index in [9.17, 15) is 0 Å². The van der Waals surface area contributed by atoms with E-state index in [2.05, 4.69) is 112 Å². The van der Waals surface area contributed by atoms with Crippen molar-refractivity contribution < 1.29 is 4.74 Å². The molecule has 0 spiro atoms. The molecule has 1 heterocycles. The van der Waals surface area contributed by atoms with Gasteiger partial charge in [0, 0.05) is 29.4 Å². The highest BCUT2D eigenvalue weighted by Gasteiger charge is 2.36.